The van der Waals surface area contributed by atoms with Gasteiger partial charge in [0.25, 0.3) is 0 Å². The lowest BCUT2D eigenvalue weighted by Gasteiger charge is -2.20. The van der Waals surface area contributed by atoms with Crippen LogP contribution >= 0.6 is 11.6 Å². The van der Waals surface area contributed by atoms with Crippen LogP contribution in [0.2, 0.25) is 5.02 Å². The molecule has 2 aromatic rings. The Labute approximate surface area is 177 Å². The average molecular weight is 439 g/mol. The van der Waals surface area contributed by atoms with E-state index in [0.717, 1.165) is 34.7 Å². The second-order valence-corrected chi connectivity index (χ2v) is 9.04. The van der Waals surface area contributed by atoms with E-state index in [1.54, 1.807) is 24.3 Å². The average Bonchev–Trinajstić information content (AvgIpc) is 2.67. The van der Waals surface area contributed by atoms with Gasteiger partial charge in [0.05, 0.1) is 19.4 Å². The van der Waals surface area contributed by atoms with E-state index >= 15 is 0 Å². The highest BCUT2D eigenvalue weighted by atomic mass is 35.5. The number of nitrogens with zero attached hydrogens (tertiary/aromatic N) is 1. The molecule has 1 amide bonds. The molecule has 0 bridgehead atoms. The molecule has 2 rings (SSSR count). The summed E-state index contributed by atoms with van der Waals surface area (Å²) in [7, 11) is -3.56. The molecular weight excluding hydrogens is 412 g/mol. The van der Waals surface area contributed by atoms with Gasteiger partial charge in [-0.05, 0) is 49.1 Å². The molecule has 2 aromatic carbocycles. The Morgan fingerprint density at radius 3 is 2.45 bits per heavy atom. The first-order valence-electron chi connectivity index (χ1n) is 9.46. The van der Waals surface area contributed by atoms with Crippen molar-refractivity contribution >= 4 is 27.5 Å². The summed E-state index contributed by atoms with van der Waals surface area (Å²) in [6.07, 6.45) is 2.65. The largest absolute Gasteiger partial charge is 0.494 e. The third-order valence-corrected chi connectivity index (χ3v) is 5.86. The monoisotopic (exact) mass is 438 g/mol. The number of halogens is 1. The first-order chi connectivity index (χ1) is 13.8. The zero-order valence-electron chi connectivity index (χ0n) is 16.7. The van der Waals surface area contributed by atoms with Crippen LogP contribution in [0.15, 0.2) is 48.5 Å². The van der Waals surface area contributed by atoms with Gasteiger partial charge >= 0.3 is 0 Å². The number of amides is 1. The van der Waals surface area contributed by atoms with Crippen LogP contribution in [0.4, 0.5) is 0 Å². The fraction of sp³-hybridized carbons (Fsp3) is 0.381. The van der Waals surface area contributed by atoms with E-state index in [1.807, 2.05) is 31.2 Å². The molecule has 158 valence electrons. The Bertz CT molecular complexity index is 901. The highest BCUT2D eigenvalue weighted by Crippen LogP contribution is 2.18. The lowest BCUT2D eigenvalue weighted by molar-refractivity contribution is -0.121. The third-order valence-electron chi connectivity index (χ3n) is 4.29. The van der Waals surface area contributed by atoms with Crippen molar-refractivity contribution in [2.75, 3.05) is 26.0 Å². The number of hydrogen-bond donors (Lipinski definition) is 1. The van der Waals surface area contributed by atoms with E-state index in [9.17, 15) is 13.2 Å². The summed E-state index contributed by atoms with van der Waals surface area (Å²) in [5, 5.41) is 3.25. The van der Waals surface area contributed by atoms with Crippen LogP contribution in [0.3, 0.4) is 0 Å². The minimum Gasteiger partial charge on any atom is -0.494 e. The van der Waals surface area contributed by atoms with Crippen LogP contribution in [0.25, 0.3) is 0 Å². The summed E-state index contributed by atoms with van der Waals surface area (Å²) in [5.74, 6) is 0.498. The number of aryl methyl sites for hydroxylation is 1. The number of rotatable bonds is 11. The quantitative estimate of drug-likeness (QED) is 0.546. The van der Waals surface area contributed by atoms with Gasteiger partial charge in [0, 0.05) is 18.1 Å². The number of carbonyl (C=O) groups is 1. The summed E-state index contributed by atoms with van der Waals surface area (Å²) in [6, 6.07) is 14.8. The van der Waals surface area contributed by atoms with Crippen molar-refractivity contribution in [3.8, 4) is 5.75 Å². The minimum atomic E-state index is -3.56. The standard InChI is InChI=1S/C21H27ClN2O4S/c1-3-28-19-12-10-17(11-13-19)7-6-14-23-21(25)16-24(29(2,26)27)15-18-8-4-5-9-20(18)22/h4-5,8-13H,3,6-7,14-16H2,1-2H3,(H,23,25). The Morgan fingerprint density at radius 2 is 1.83 bits per heavy atom. The predicted molar refractivity (Wildman–Crippen MR) is 116 cm³/mol. The molecule has 0 radical (unpaired) electrons. The summed E-state index contributed by atoms with van der Waals surface area (Å²) < 4.78 is 30.7. The fourth-order valence-corrected chi connectivity index (χ4v) is 3.68. The zero-order valence-corrected chi connectivity index (χ0v) is 18.3. The van der Waals surface area contributed by atoms with Crippen molar-refractivity contribution < 1.29 is 17.9 Å². The second kappa shape index (κ2) is 11.2. The molecule has 1 N–H and O–H groups in total. The van der Waals surface area contributed by atoms with Crippen molar-refractivity contribution in [3.63, 3.8) is 0 Å². The van der Waals surface area contributed by atoms with Gasteiger partial charge in [-0.1, -0.05) is 41.9 Å². The van der Waals surface area contributed by atoms with E-state index in [0.29, 0.717) is 23.7 Å². The Balaban J connectivity index is 1.81. The Hall–Kier alpha value is -2.09. The molecule has 0 aliphatic heterocycles. The third kappa shape index (κ3) is 8.04. The molecular formula is C21H27ClN2O4S. The van der Waals surface area contributed by atoms with Crippen LogP contribution < -0.4 is 10.1 Å². The fourth-order valence-electron chi connectivity index (χ4n) is 2.76. The molecule has 0 heterocycles. The van der Waals surface area contributed by atoms with Crippen molar-refractivity contribution in [1.29, 1.82) is 0 Å². The second-order valence-electron chi connectivity index (χ2n) is 6.65. The summed E-state index contributed by atoms with van der Waals surface area (Å²) >= 11 is 6.11. The number of benzene rings is 2. The molecule has 0 atom stereocenters. The molecule has 8 heteroatoms. The Kier molecular flexibility index (Phi) is 8.95. The number of carbonyl (C=O) groups excluding carboxylic acids is 1. The van der Waals surface area contributed by atoms with Crippen LogP contribution in [-0.4, -0.2) is 44.6 Å². The molecule has 0 fully saturated rings. The molecule has 29 heavy (non-hydrogen) atoms. The van der Waals surface area contributed by atoms with E-state index in [-0.39, 0.29) is 19.0 Å². The maximum Gasteiger partial charge on any atom is 0.235 e. The van der Waals surface area contributed by atoms with E-state index < -0.39 is 10.0 Å². The number of ether oxygens (including phenoxy) is 1. The highest BCUT2D eigenvalue weighted by molar-refractivity contribution is 7.88. The first-order valence-corrected chi connectivity index (χ1v) is 11.7. The molecule has 0 saturated carbocycles. The normalized spacial score (nSPS) is 11.4. The highest BCUT2D eigenvalue weighted by Gasteiger charge is 2.21. The predicted octanol–water partition coefficient (Wildman–Crippen LogP) is 3.25. The summed E-state index contributed by atoms with van der Waals surface area (Å²) in [4.78, 5) is 12.2. The number of hydrogen-bond acceptors (Lipinski definition) is 4. The van der Waals surface area contributed by atoms with E-state index in [4.69, 9.17) is 16.3 Å². The van der Waals surface area contributed by atoms with E-state index in [1.165, 1.54) is 0 Å². The molecule has 0 aliphatic carbocycles. The number of sulfonamides is 1. The van der Waals surface area contributed by atoms with E-state index in [2.05, 4.69) is 5.32 Å². The zero-order chi connectivity index (χ0) is 21.3. The molecule has 6 nitrogen and oxygen atoms in total. The lowest BCUT2D eigenvalue weighted by atomic mass is 10.1. The van der Waals surface area contributed by atoms with Crippen LogP contribution in [-0.2, 0) is 27.8 Å². The topological polar surface area (TPSA) is 75.7 Å². The van der Waals surface area contributed by atoms with Crippen LogP contribution in [0, 0.1) is 0 Å². The SMILES string of the molecule is CCOc1ccc(CCCNC(=O)CN(Cc2ccccc2Cl)S(C)(=O)=O)cc1. The van der Waals surface area contributed by atoms with Gasteiger partial charge in [-0.2, -0.15) is 4.31 Å². The van der Waals surface area contributed by atoms with Gasteiger partial charge in [0.2, 0.25) is 15.9 Å². The maximum absolute atomic E-state index is 12.2. The number of nitrogens with one attached hydrogen (secondary N) is 1. The van der Waals surface area contributed by atoms with Crippen molar-refractivity contribution in [3.05, 3.63) is 64.7 Å². The van der Waals surface area contributed by atoms with Gasteiger partial charge in [-0.25, -0.2) is 8.42 Å². The van der Waals surface area contributed by atoms with Crippen LogP contribution in [0.1, 0.15) is 24.5 Å². The van der Waals surface area contributed by atoms with Crippen molar-refractivity contribution in [1.82, 2.24) is 9.62 Å². The van der Waals surface area contributed by atoms with Crippen molar-refractivity contribution in [2.45, 2.75) is 26.3 Å². The van der Waals surface area contributed by atoms with Gasteiger partial charge < -0.3 is 10.1 Å². The molecule has 0 saturated heterocycles. The minimum absolute atomic E-state index is 0.0537. The lowest BCUT2D eigenvalue weighted by Crippen LogP contribution is -2.40. The maximum atomic E-state index is 12.2. The van der Waals surface area contributed by atoms with Crippen LogP contribution in [0.5, 0.6) is 5.75 Å². The van der Waals surface area contributed by atoms with Gasteiger partial charge in [0.1, 0.15) is 5.75 Å². The Morgan fingerprint density at radius 1 is 1.14 bits per heavy atom. The van der Waals surface area contributed by atoms with Gasteiger partial charge in [-0.15, -0.1) is 0 Å². The van der Waals surface area contributed by atoms with Crippen molar-refractivity contribution in [2.24, 2.45) is 0 Å². The summed E-state index contributed by atoms with van der Waals surface area (Å²) in [6.45, 7) is 2.85. The van der Waals surface area contributed by atoms with Gasteiger partial charge in [0.15, 0.2) is 0 Å². The molecule has 0 spiro atoms. The molecule has 0 unspecified atom stereocenters. The first kappa shape index (κ1) is 23.2. The van der Waals surface area contributed by atoms with Gasteiger partial charge in [-0.3, -0.25) is 4.79 Å². The molecule has 0 aliphatic rings. The summed E-state index contributed by atoms with van der Waals surface area (Å²) in [5.41, 5.74) is 1.81. The smallest absolute Gasteiger partial charge is 0.235 e. The molecule has 0 aromatic heterocycles.